The molecule has 1 aromatic carbocycles. The molecule has 1 aromatic rings. The van der Waals surface area contributed by atoms with Crippen LogP contribution in [-0.4, -0.2) is 12.4 Å². The lowest BCUT2D eigenvalue weighted by Crippen LogP contribution is -2.20. The molecule has 0 radical (unpaired) electrons. The minimum absolute atomic E-state index is 0.149. The van der Waals surface area contributed by atoms with Crippen LogP contribution in [-0.2, 0) is 0 Å². The number of rotatable bonds is 0. The van der Waals surface area contributed by atoms with E-state index in [4.69, 9.17) is 0 Å². The molecule has 0 aliphatic carbocycles. The van der Waals surface area contributed by atoms with Gasteiger partial charge in [0.1, 0.15) is 5.82 Å². The zero-order valence-corrected chi connectivity index (χ0v) is 7.86. The Labute approximate surface area is 75.6 Å². The Balaban J connectivity index is 2.47. The summed E-state index contributed by atoms with van der Waals surface area (Å²) in [7, 11) is 2.03. The van der Waals surface area contributed by atoms with Gasteiger partial charge in [-0.05, 0) is 25.1 Å². The third-order valence-corrected chi connectivity index (χ3v) is 3.38. The molecule has 0 bridgehead atoms. The first-order valence-corrected chi connectivity index (χ1v) is 4.75. The Hall–Kier alpha value is -0.700. The molecule has 12 heavy (non-hydrogen) atoms. The van der Waals surface area contributed by atoms with Gasteiger partial charge in [0.2, 0.25) is 0 Å². The van der Waals surface area contributed by atoms with Crippen molar-refractivity contribution in [1.82, 2.24) is 0 Å². The molecular formula is C9H10FNS. The van der Waals surface area contributed by atoms with Crippen LogP contribution in [0.15, 0.2) is 23.1 Å². The summed E-state index contributed by atoms with van der Waals surface area (Å²) in [6.45, 7) is 2.11. The summed E-state index contributed by atoms with van der Waals surface area (Å²) < 4.78 is 12.8. The summed E-state index contributed by atoms with van der Waals surface area (Å²) in [5.41, 5.74) is 1.13. The fraction of sp³-hybridized carbons (Fsp3) is 0.333. The number of benzene rings is 1. The zero-order chi connectivity index (χ0) is 8.72. The SMILES string of the molecule is CC1Sc2cc(F)ccc2N1C. The van der Waals surface area contributed by atoms with Crippen molar-refractivity contribution in [2.75, 3.05) is 11.9 Å². The second-order valence-electron chi connectivity index (χ2n) is 2.94. The van der Waals surface area contributed by atoms with E-state index in [2.05, 4.69) is 11.8 Å². The van der Waals surface area contributed by atoms with Crippen LogP contribution in [0.4, 0.5) is 10.1 Å². The van der Waals surface area contributed by atoms with Crippen molar-refractivity contribution in [3.05, 3.63) is 24.0 Å². The fourth-order valence-electron chi connectivity index (χ4n) is 1.33. The molecule has 0 saturated carbocycles. The van der Waals surface area contributed by atoms with E-state index in [1.165, 1.54) is 6.07 Å². The van der Waals surface area contributed by atoms with Crippen molar-refractivity contribution < 1.29 is 4.39 Å². The lowest BCUT2D eigenvalue weighted by Gasteiger charge is -2.16. The lowest BCUT2D eigenvalue weighted by atomic mass is 10.3. The molecule has 1 nitrogen and oxygen atoms in total. The van der Waals surface area contributed by atoms with Crippen LogP contribution < -0.4 is 4.90 Å². The molecule has 3 heteroatoms. The van der Waals surface area contributed by atoms with Crippen LogP contribution in [0.25, 0.3) is 0 Å². The van der Waals surface area contributed by atoms with Gasteiger partial charge < -0.3 is 4.90 Å². The first-order chi connectivity index (χ1) is 5.68. The van der Waals surface area contributed by atoms with Crippen molar-refractivity contribution >= 4 is 17.4 Å². The Bertz CT molecular complexity index is 313. The van der Waals surface area contributed by atoms with Gasteiger partial charge >= 0.3 is 0 Å². The van der Waals surface area contributed by atoms with Gasteiger partial charge in [0, 0.05) is 11.9 Å². The second-order valence-corrected chi connectivity index (χ2v) is 4.30. The van der Waals surface area contributed by atoms with Crippen molar-refractivity contribution in [3.8, 4) is 0 Å². The summed E-state index contributed by atoms with van der Waals surface area (Å²) in [6, 6.07) is 4.94. The highest BCUT2D eigenvalue weighted by Crippen LogP contribution is 2.42. The maximum atomic E-state index is 12.8. The van der Waals surface area contributed by atoms with E-state index in [0.29, 0.717) is 5.37 Å². The predicted molar refractivity (Wildman–Crippen MR) is 50.1 cm³/mol. The van der Waals surface area contributed by atoms with Gasteiger partial charge in [-0.1, -0.05) is 11.8 Å². The van der Waals surface area contributed by atoms with Crippen LogP contribution in [0, 0.1) is 5.82 Å². The Morgan fingerprint density at radius 3 is 3.00 bits per heavy atom. The summed E-state index contributed by atoms with van der Waals surface area (Å²) in [6.07, 6.45) is 0. The summed E-state index contributed by atoms with van der Waals surface area (Å²) in [4.78, 5) is 3.20. The minimum atomic E-state index is -0.149. The molecule has 1 atom stereocenters. The standard InChI is InChI=1S/C9H10FNS/c1-6-11(2)8-4-3-7(10)5-9(8)12-6/h3-6H,1-2H3. The molecule has 0 fully saturated rings. The van der Waals surface area contributed by atoms with E-state index in [9.17, 15) is 4.39 Å². The topological polar surface area (TPSA) is 3.24 Å². The van der Waals surface area contributed by atoms with Gasteiger partial charge in [0.05, 0.1) is 11.1 Å². The van der Waals surface area contributed by atoms with Crippen molar-refractivity contribution in [2.24, 2.45) is 0 Å². The van der Waals surface area contributed by atoms with Crippen molar-refractivity contribution in [1.29, 1.82) is 0 Å². The fourth-order valence-corrected chi connectivity index (χ4v) is 2.48. The van der Waals surface area contributed by atoms with Crippen LogP contribution in [0.3, 0.4) is 0 Å². The maximum Gasteiger partial charge on any atom is 0.124 e. The quantitative estimate of drug-likeness (QED) is 0.608. The third kappa shape index (κ3) is 1.08. The number of halogens is 1. The van der Waals surface area contributed by atoms with Crippen LogP contribution in [0.1, 0.15) is 6.92 Å². The van der Waals surface area contributed by atoms with Crippen LogP contribution in [0.2, 0.25) is 0 Å². The van der Waals surface area contributed by atoms with Gasteiger partial charge in [-0.2, -0.15) is 0 Å². The van der Waals surface area contributed by atoms with Gasteiger partial charge in [-0.25, -0.2) is 4.39 Å². The van der Waals surface area contributed by atoms with Crippen LogP contribution in [0.5, 0.6) is 0 Å². The van der Waals surface area contributed by atoms with E-state index in [1.54, 1.807) is 17.8 Å². The molecule has 1 aliphatic rings. The molecule has 0 spiro atoms. The van der Waals surface area contributed by atoms with Gasteiger partial charge in [0.25, 0.3) is 0 Å². The normalized spacial score (nSPS) is 21.2. The number of hydrogen-bond donors (Lipinski definition) is 0. The van der Waals surface area contributed by atoms with Crippen molar-refractivity contribution in [2.45, 2.75) is 17.2 Å². The highest BCUT2D eigenvalue weighted by molar-refractivity contribution is 8.00. The second kappa shape index (κ2) is 2.66. The predicted octanol–water partition coefficient (Wildman–Crippen LogP) is 2.71. The highest BCUT2D eigenvalue weighted by atomic mass is 32.2. The molecule has 0 saturated heterocycles. The summed E-state index contributed by atoms with van der Waals surface area (Å²) >= 11 is 1.70. The summed E-state index contributed by atoms with van der Waals surface area (Å²) in [5.74, 6) is -0.149. The van der Waals surface area contributed by atoms with E-state index in [0.717, 1.165) is 10.6 Å². The van der Waals surface area contributed by atoms with Gasteiger partial charge in [-0.3, -0.25) is 0 Å². The number of hydrogen-bond acceptors (Lipinski definition) is 2. The molecule has 0 aromatic heterocycles. The van der Waals surface area contributed by atoms with Gasteiger partial charge in [-0.15, -0.1) is 0 Å². The molecule has 0 amide bonds. The van der Waals surface area contributed by atoms with E-state index < -0.39 is 0 Å². The smallest absolute Gasteiger partial charge is 0.124 e. The first kappa shape index (κ1) is 7.92. The monoisotopic (exact) mass is 183 g/mol. The number of anilines is 1. The zero-order valence-electron chi connectivity index (χ0n) is 7.04. The molecule has 1 aliphatic heterocycles. The molecule has 64 valence electrons. The van der Waals surface area contributed by atoms with E-state index >= 15 is 0 Å². The average Bonchev–Trinajstić information content (AvgIpc) is 2.28. The molecule has 1 heterocycles. The highest BCUT2D eigenvalue weighted by Gasteiger charge is 2.23. The molecule has 2 rings (SSSR count). The Morgan fingerprint density at radius 2 is 2.25 bits per heavy atom. The molecule has 1 unspecified atom stereocenters. The summed E-state index contributed by atoms with van der Waals surface area (Å²) in [5, 5.41) is 0.418. The number of fused-ring (bicyclic) bond motifs is 1. The Morgan fingerprint density at radius 1 is 1.50 bits per heavy atom. The average molecular weight is 183 g/mol. The van der Waals surface area contributed by atoms with Gasteiger partial charge in [0.15, 0.2) is 0 Å². The Kier molecular flexibility index (Phi) is 1.76. The number of thioether (sulfide) groups is 1. The lowest BCUT2D eigenvalue weighted by molar-refractivity contribution is 0.624. The molecular weight excluding hydrogens is 173 g/mol. The first-order valence-electron chi connectivity index (χ1n) is 3.87. The van der Waals surface area contributed by atoms with Crippen molar-refractivity contribution in [3.63, 3.8) is 0 Å². The van der Waals surface area contributed by atoms with E-state index in [-0.39, 0.29) is 5.82 Å². The minimum Gasteiger partial charge on any atom is -0.362 e. The molecule has 0 N–H and O–H groups in total. The largest absolute Gasteiger partial charge is 0.362 e. The maximum absolute atomic E-state index is 12.8. The number of nitrogens with zero attached hydrogens (tertiary/aromatic N) is 1. The van der Waals surface area contributed by atoms with E-state index in [1.807, 2.05) is 13.1 Å². The third-order valence-electron chi connectivity index (χ3n) is 2.14. The van der Waals surface area contributed by atoms with Crippen LogP contribution >= 0.6 is 11.8 Å².